The van der Waals surface area contributed by atoms with Crippen molar-refractivity contribution in [2.24, 2.45) is 0 Å². The van der Waals surface area contributed by atoms with E-state index in [1.165, 1.54) is 32.1 Å². The van der Waals surface area contributed by atoms with Gasteiger partial charge in [-0.1, -0.05) is 46.2 Å². The maximum atomic E-state index is 2.45. The third kappa shape index (κ3) is 2.84. The van der Waals surface area contributed by atoms with Crippen molar-refractivity contribution in [3.8, 4) is 0 Å². The standard InChI is InChI=1S/C15H24/c1-5-9-15-11-13(7-3)12(6-2)10-14(15)8-4/h10-11H,5-9H2,1-4H3. The number of rotatable bonds is 5. The molecule has 0 heteroatoms. The highest BCUT2D eigenvalue weighted by molar-refractivity contribution is 5.38. The first-order chi connectivity index (χ1) is 7.26. The van der Waals surface area contributed by atoms with Gasteiger partial charge >= 0.3 is 0 Å². The number of aryl methyl sites for hydroxylation is 4. The lowest BCUT2D eigenvalue weighted by Gasteiger charge is -2.13. The van der Waals surface area contributed by atoms with Gasteiger partial charge in [-0.15, -0.1) is 0 Å². The van der Waals surface area contributed by atoms with Crippen LogP contribution in [0.4, 0.5) is 0 Å². The number of hydrogen-bond acceptors (Lipinski definition) is 0. The largest absolute Gasteiger partial charge is 0.0651 e. The van der Waals surface area contributed by atoms with Crippen LogP contribution in [0.3, 0.4) is 0 Å². The van der Waals surface area contributed by atoms with Crippen LogP contribution in [0.25, 0.3) is 0 Å². The smallest absolute Gasteiger partial charge is 0.0279 e. The molecule has 0 aromatic heterocycles. The van der Waals surface area contributed by atoms with E-state index in [1.54, 1.807) is 22.3 Å². The second-order valence-electron chi connectivity index (χ2n) is 4.20. The van der Waals surface area contributed by atoms with Crippen molar-refractivity contribution < 1.29 is 0 Å². The molecular formula is C15H24. The van der Waals surface area contributed by atoms with Crippen molar-refractivity contribution in [3.05, 3.63) is 34.4 Å². The number of hydrogen-bond donors (Lipinski definition) is 0. The summed E-state index contributed by atoms with van der Waals surface area (Å²) in [6.45, 7) is 9.04. The number of benzene rings is 1. The van der Waals surface area contributed by atoms with E-state index in [-0.39, 0.29) is 0 Å². The summed E-state index contributed by atoms with van der Waals surface area (Å²) in [5.41, 5.74) is 6.24. The molecule has 15 heavy (non-hydrogen) atoms. The van der Waals surface area contributed by atoms with Crippen molar-refractivity contribution in [3.63, 3.8) is 0 Å². The van der Waals surface area contributed by atoms with E-state index in [4.69, 9.17) is 0 Å². The van der Waals surface area contributed by atoms with Gasteiger partial charge in [0.05, 0.1) is 0 Å². The zero-order valence-electron chi connectivity index (χ0n) is 10.7. The van der Waals surface area contributed by atoms with Gasteiger partial charge in [-0.25, -0.2) is 0 Å². The Morgan fingerprint density at radius 1 is 0.667 bits per heavy atom. The monoisotopic (exact) mass is 204 g/mol. The molecule has 0 aliphatic rings. The van der Waals surface area contributed by atoms with Crippen LogP contribution in [0.1, 0.15) is 56.4 Å². The van der Waals surface area contributed by atoms with Gasteiger partial charge in [-0.2, -0.15) is 0 Å². The topological polar surface area (TPSA) is 0 Å². The molecule has 0 radical (unpaired) electrons. The van der Waals surface area contributed by atoms with Crippen LogP contribution in [-0.2, 0) is 25.7 Å². The molecule has 0 bridgehead atoms. The summed E-state index contributed by atoms with van der Waals surface area (Å²) < 4.78 is 0. The van der Waals surface area contributed by atoms with Crippen LogP contribution in [-0.4, -0.2) is 0 Å². The summed E-state index contributed by atoms with van der Waals surface area (Å²) in [6, 6.07) is 4.88. The molecular weight excluding hydrogens is 180 g/mol. The summed E-state index contributed by atoms with van der Waals surface area (Å²) in [7, 11) is 0. The van der Waals surface area contributed by atoms with E-state index in [2.05, 4.69) is 39.8 Å². The van der Waals surface area contributed by atoms with E-state index in [9.17, 15) is 0 Å². The molecule has 0 unspecified atom stereocenters. The minimum absolute atomic E-state index is 1.17. The first kappa shape index (κ1) is 12.3. The third-order valence-corrected chi connectivity index (χ3v) is 3.18. The Balaban J connectivity index is 3.15. The van der Waals surface area contributed by atoms with E-state index in [0.717, 1.165) is 0 Å². The minimum Gasteiger partial charge on any atom is -0.0651 e. The quantitative estimate of drug-likeness (QED) is 0.670. The lowest BCUT2D eigenvalue weighted by Crippen LogP contribution is -1.99. The average molecular weight is 204 g/mol. The Morgan fingerprint density at radius 3 is 1.47 bits per heavy atom. The van der Waals surface area contributed by atoms with Gasteiger partial charge in [0.2, 0.25) is 0 Å². The normalized spacial score (nSPS) is 10.7. The van der Waals surface area contributed by atoms with Gasteiger partial charge in [0, 0.05) is 0 Å². The van der Waals surface area contributed by atoms with Crippen molar-refractivity contribution in [2.75, 3.05) is 0 Å². The zero-order valence-corrected chi connectivity index (χ0v) is 10.7. The van der Waals surface area contributed by atoms with Crippen molar-refractivity contribution in [2.45, 2.75) is 59.8 Å². The molecule has 0 amide bonds. The summed E-state index contributed by atoms with van der Waals surface area (Å²) >= 11 is 0. The fraction of sp³-hybridized carbons (Fsp3) is 0.600. The van der Waals surface area contributed by atoms with Gasteiger partial charge in [-0.05, 0) is 47.9 Å². The highest BCUT2D eigenvalue weighted by Crippen LogP contribution is 2.20. The molecule has 0 fully saturated rings. The lowest BCUT2D eigenvalue weighted by atomic mass is 9.92. The predicted octanol–water partition coefficient (Wildman–Crippen LogP) is 4.33. The summed E-state index contributed by atoms with van der Waals surface area (Å²) in [6.07, 6.45) is 6.00. The maximum Gasteiger partial charge on any atom is -0.0279 e. The molecule has 0 N–H and O–H groups in total. The Kier molecular flexibility index (Phi) is 4.87. The molecule has 0 aliphatic carbocycles. The highest BCUT2D eigenvalue weighted by Gasteiger charge is 2.06. The minimum atomic E-state index is 1.17. The van der Waals surface area contributed by atoms with E-state index >= 15 is 0 Å². The zero-order chi connectivity index (χ0) is 11.3. The van der Waals surface area contributed by atoms with Gasteiger partial charge in [0.15, 0.2) is 0 Å². The third-order valence-electron chi connectivity index (χ3n) is 3.18. The van der Waals surface area contributed by atoms with Crippen LogP contribution in [0.5, 0.6) is 0 Å². The molecule has 84 valence electrons. The van der Waals surface area contributed by atoms with Gasteiger partial charge in [-0.3, -0.25) is 0 Å². The first-order valence-corrected chi connectivity index (χ1v) is 6.40. The average Bonchev–Trinajstić information content (AvgIpc) is 2.28. The fourth-order valence-corrected chi connectivity index (χ4v) is 2.28. The predicted molar refractivity (Wildman–Crippen MR) is 68.6 cm³/mol. The fourth-order valence-electron chi connectivity index (χ4n) is 2.28. The first-order valence-electron chi connectivity index (χ1n) is 6.40. The van der Waals surface area contributed by atoms with Gasteiger partial charge in [0.25, 0.3) is 0 Å². The molecule has 0 nitrogen and oxygen atoms in total. The Hall–Kier alpha value is -0.780. The second kappa shape index (κ2) is 5.95. The molecule has 1 rings (SSSR count). The van der Waals surface area contributed by atoms with Crippen molar-refractivity contribution >= 4 is 0 Å². The Bertz CT molecular complexity index is 310. The van der Waals surface area contributed by atoms with E-state index in [0.29, 0.717) is 0 Å². The molecule has 1 aromatic carbocycles. The van der Waals surface area contributed by atoms with Crippen LogP contribution < -0.4 is 0 Å². The molecule has 0 saturated carbocycles. The van der Waals surface area contributed by atoms with Crippen LogP contribution in [0.15, 0.2) is 12.1 Å². The van der Waals surface area contributed by atoms with Crippen LogP contribution in [0, 0.1) is 0 Å². The van der Waals surface area contributed by atoms with E-state index in [1.807, 2.05) is 0 Å². The molecule has 0 atom stereocenters. The molecule has 0 spiro atoms. The van der Waals surface area contributed by atoms with Crippen molar-refractivity contribution in [1.29, 1.82) is 0 Å². The lowest BCUT2D eigenvalue weighted by molar-refractivity contribution is 0.886. The molecule has 0 heterocycles. The van der Waals surface area contributed by atoms with Crippen LogP contribution in [0.2, 0.25) is 0 Å². The maximum absolute atomic E-state index is 2.45. The van der Waals surface area contributed by atoms with E-state index < -0.39 is 0 Å². The van der Waals surface area contributed by atoms with Gasteiger partial charge < -0.3 is 0 Å². The molecule has 1 aromatic rings. The molecule has 0 saturated heterocycles. The summed E-state index contributed by atoms with van der Waals surface area (Å²) in [5, 5.41) is 0. The van der Waals surface area contributed by atoms with Gasteiger partial charge in [0.1, 0.15) is 0 Å². The summed E-state index contributed by atoms with van der Waals surface area (Å²) in [5.74, 6) is 0. The summed E-state index contributed by atoms with van der Waals surface area (Å²) in [4.78, 5) is 0. The second-order valence-corrected chi connectivity index (χ2v) is 4.20. The molecule has 0 aliphatic heterocycles. The SMILES string of the molecule is CCCc1cc(CC)c(CC)cc1CC. The Labute approximate surface area is 94.7 Å². The highest BCUT2D eigenvalue weighted by atomic mass is 14.1. The van der Waals surface area contributed by atoms with Crippen molar-refractivity contribution in [1.82, 2.24) is 0 Å². The van der Waals surface area contributed by atoms with Crippen LogP contribution >= 0.6 is 0 Å². The Morgan fingerprint density at radius 2 is 1.07 bits per heavy atom.